The maximum absolute atomic E-state index is 5.54. The predicted octanol–water partition coefficient (Wildman–Crippen LogP) is 0.213. The number of hydrogen-bond acceptors (Lipinski definition) is 5. The first-order valence-corrected chi connectivity index (χ1v) is 10.3. The van der Waals surface area contributed by atoms with E-state index < -0.39 is 0 Å². The second-order valence-electron chi connectivity index (χ2n) is 7.56. The van der Waals surface area contributed by atoms with Crippen LogP contribution in [0.5, 0.6) is 28.7 Å². The van der Waals surface area contributed by atoms with Crippen molar-refractivity contribution in [2.45, 2.75) is 13.1 Å². The minimum atomic E-state index is 0.639. The van der Waals surface area contributed by atoms with E-state index in [0.29, 0.717) is 17.2 Å². The molecule has 1 aliphatic heterocycles. The molecule has 1 heterocycles. The van der Waals surface area contributed by atoms with Gasteiger partial charge in [0.25, 0.3) is 0 Å². The molecule has 0 unspecified atom stereocenters. The highest BCUT2D eigenvalue weighted by molar-refractivity contribution is 5.53. The van der Waals surface area contributed by atoms with Crippen molar-refractivity contribution in [3.8, 4) is 28.7 Å². The van der Waals surface area contributed by atoms with E-state index in [1.54, 1.807) is 45.3 Å². The van der Waals surface area contributed by atoms with Crippen LogP contribution in [0.2, 0.25) is 0 Å². The van der Waals surface area contributed by atoms with E-state index in [4.69, 9.17) is 23.7 Å². The van der Waals surface area contributed by atoms with Crippen molar-refractivity contribution in [3.63, 3.8) is 0 Å². The maximum atomic E-state index is 5.54. The third kappa shape index (κ3) is 5.09. The van der Waals surface area contributed by atoms with E-state index in [1.165, 1.54) is 11.1 Å². The molecule has 0 bridgehead atoms. The Hall–Kier alpha value is -2.64. The summed E-state index contributed by atoms with van der Waals surface area (Å²) in [5, 5.41) is 0. The smallest absolute Gasteiger partial charge is 0.203 e. The molecule has 0 radical (unpaired) electrons. The number of rotatable bonds is 9. The molecule has 2 aromatic carbocycles. The van der Waals surface area contributed by atoms with Crippen LogP contribution in [0.1, 0.15) is 11.1 Å². The normalized spacial score (nSPS) is 18.6. The third-order valence-corrected chi connectivity index (χ3v) is 5.77. The van der Waals surface area contributed by atoms with Gasteiger partial charge in [-0.2, -0.15) is 0 Å². The Morgan fingerprint density at radius 2 is 1.20 bits per heavy atom. The van der Waals surface area contributed by atoms with Gasteiger partial charge in [-0.3, -0.25) is 0 Å². The number of piperazine rings is 1. The minimum Gasteiger partial charge on any atom is -0.497 e. The van der Waals surface area contributed by atoms with E-state index >= 15 is 0 Å². The molecule has 1 fully saturated rings. The van der Waals surface area contributed by atoms with E-state index in [1.807, 2.05) is 12.1 Å². The summed E-state index contributed by atoms with van der Waals surface area (Å²) in [7, 11) is 8.36. The molecule has 0 saturated carbocycles. The molecular weight excluding hydrogens is 384 g/mol. The summed E-state index contributed by atoms with van der Waals surface area (Å²) in [5.41, 5.74) is 2.39. The Morgan fingerprint density at radius 3 is 1.70 bits per heavy atom. The highest BCUT2D eigenvalue weighted by atomic mass is 16.5. The van der Waals surface area contributed by atoms with E-state index in [-0.39, 0.29) is 0 Å². The average molecular weight is 419 g/mol. The molecule has 164 valence electrons. The first-order valence-electron chi connectivity index (χ1n) is 10.3. The van der Waals surface area contributed by atoms with Gasteiger partial charge in [-0.25, -0.2) is 0 Å². The summed E-state index contributed by atoms with van der Waals surface area (Å²) >= 11 is 0. The van der Waals surface area contributed by atoms with Crippen LogP contribution >= 0.6 is 0 Å². The van der Waals surface area contributed by atoms with E-state index in [2.05, 4.69) is 18.2 Å². The summed E-state index contributed by atoms with van der Waals surface area (Å²) in [6.45, 7) is 6.32. The molecule has 0 atom stereocenters. The van der Waals surface area contributed by atoms with Gasteiger partial charge in [-0.15, -0.1) is 0 Å². The second kappa shape index (κ2) is 10.4. The number of ether oxygens (including phenoxy) is 5. The summed E-state index contributed by atoms with van der Waals surface area (Å²) in [6.07, 6.45) is 0. The van der Waals surface area contributed by atoms with Gasteiger partial charge < -0.3 is 33.5 Å². The first kappa shape index (κ1) is 22.1. The van der Waals surface area contributed by atoms with E-state index in [0.717, 1.165) is 50.8 Å². The molecule has 0 amide bonds. The quantitative estimate of drug-likeness (QED) is 0.610. The van der Waals surface area contributed by atoms with Crippen molar-refractivity contribution >= 4 is 0 Å². The van der Waals surface area contributed by atoms with Crippen molar-refractivity contribution in [1.82, 2.24) is 0 Å². The van der Waals surface area contributed by atoms with Gasteiger partial charge in [0, 0.05) is 5.56 Å². The summed E-state index contributed by atoms with van der Waals surface area (Å²) in [6, 6.07) is 10.1. The van der Waals surface area contributed by atoms with Gasteiger partial charge in [0.05, 0.1) is 41.1 Å². The van der Waals surface area contributed by atoms with Gasteiger partial charge >= 0.3 is 0 Å². The van der Waals surface area contributed by atoms with Gasteiger partial charge in [-0.05, 0) is 30.3 Å². The van der Waals surface area contributed by atoms with Gasteiger partial charge in [-0.1, -0.05) is 0 Å². The molecule has 0 aliphatic carbocycles. The van der Waals surface area contributed by atoms with Crippen LogP contribution in [-0.2, 0) is 13.1 Å². The number of nitrogens with one attached hydrogen (secondary N) is 2. The molecule has 0 spiro atoms. The average Bonchev–Trinajstić information content (AvgIpc) is 2.79. The topological polar surface area (TPSA) is 55.0 Å². The molecule has 7 nitrogen and oxygen atoms in total. The van der Waals surface area contributed by atoms with Crippen molar-refractivity contribution < 1.29 is 33.5 Å². The molecule has 2 aromatic rings. The zero-order valence-corrected chi connectivity index (χ0v) is 18.7. The van der Waals surface area contributed by atoms with E-state index in [9.17, 15) is 0 Å². The molecular formula is C23H34N2O5+2. The first-order chi connectivity index (χ1) is 14.6. The number of benzene rings is 2. The Balaban J connectivity index is 1.61. The largest absolute Gasteiger partial charge is 0.497 e. The van der Waals surface area contributed by atoms with Crippen molar-refractivity contribution in [1.29, 1.82) is 0 Å². The molecule has 7 heteroatoms. The molecule has 1 saturated heterocycles. The fraction of sp³-hybridized carbons (Fsp3) is 0.478. The third-order valence-electron chi connectivity index (χ3n) is 5.77. The highest BCUT2D eigenvalue weighted by Crippen LogP contribution is 2.38. The van der Waals surface area contributed by atoms with Crippen LogP contribution < -0.4 is 33.5 Å². The number of hydrogen-bond donors (Lipinski definition) is 2. The SMILES string of the molecule is COc1ccc(OC)c(C[NH+]2CC[NH+](Cc3cc(OC)c(OC)c(OC)c3)CC2)c1. The van der Waals surface area contributed by atoms with Crippen molar-refractivity contribution in [3.05, 3.63) is 41.5 Å². The fourth-order valence-electron chi connectivity index (χ4n) is 4.13. The lowest BCUT2D eigenvalue weighted by molar-refractivity contribution is -1.02. The predicted molar refractivity (Wildman–Crippen MR) is 114 cm³/mol. The lowest BCUT2D eigenvalue weighted by Crippen LogP contribution is -3.27. The van der Waals surface area contributed by atoms with Gasteiger partial charge in [0.1, 0.15) is 50.8 Å². The van der Waals surface area contributed by atoms with Crippen LogP contribution in [0.15, 0.2) is 30.3 Å². The van der Waals surface area contributed by atoms with Crippen LogP contribution in [-0.4, -0.2) is 61.7 Å². The summed E-state index contributed by atoms with van der Waals surface area (Å²) < 4.78 is 27.3. The lowest BCUT2D eigenvalue weighted by atomic mass is 10.1. The van der Waals surface area contributed by atoms with Crippen LogP contribution in [0.25, 0.3) is 0 Å². The second-order valence-corrected chi connectivity index (χ2v) is 7.56. The molecule has 1 aliphatic rings. The standard InChI is InChI=1S/C23H32N2O5/c1-26-19-6-7-20(27-2)18(14-19)16-25-10-8-24(9-11-25)15-17-12-21(28-3)23(30-5)22(13-17)29-4/h6-7,12-14H,8-11,15-16H2,1-5H3/p+2. The number of methoxy groups -OCH3 is 5. The van der Waals surface area contributed by atoms with Gasteiger partial charge in [0.2, 0.25) is 5.75 Å². The summed E-state index contributed by atoms with van der Waals surface area (Å²) in [4.78, 5) is 3.13. The van der Waals surface area contributed by atoms with Crippen LogP contribution in [0, 0.1) is 0 Å². The Bertz CT molecular complexity index is 809. The molecule has 2 N–H and O–H groups in total. The zero-order chi connectivity index (χ0) is 21.5. The maximum Gasteiger partial charge on any atom is 0.203 e. The monoisotopic (exact) mass is 418 g/mol. The van der Waals surface area contributed by atoms with Crippen molar-refractivity contribution in [2.24, 2.45) is 0 Å². The molecule has 3 rings (SSSR count). The summed E-state index contributed by atoms with van der Waals surface area (Å²) in [5.74, 6) is 3.86. The fourth-order valence-corrected chi connectivity index (χ4v) is 4.13. The number of quaternary nitrogens is 2. The Morgan fingerprint density at radius 1 is 0.633 bits per heavy atom. The van der Waals surface area contributed by atoms with Crippen molar-refractivity contribution in [2.75, 3.05) is 61.7 Å². The van der Waals surface area contributed by atoms with Gasteiger partial charge in [0.15, 0.2) is 11.5 Å². The minimum absolute atomic E-state index is 0.639. The molecule has 30 heavy (non-hydrogen) atoms. The highest BCUT2D eigenvalue weighted by Gasteiger charge is 2.25. The van der Waals surface area contributed by atoms with Crippen LogP contribution in [0.3, 0.4) is 0 Å². The lowest BCUT2D eigenvalue weighted by Gasteiger charge is -2.30. The zero-order valence-electron chi connectivity index (χ0n) is 18.7. The molecule has 0 aromatic heterocycles. The Kier molecular flexibility index (Phi) is 7.65. The van der Waals surface area contributed by atoms with Crippen LogP contribution in [0.4, 0.5) is 0 Å². The Labute approximate surface area is 179 Å².